The molecule has 0 aromatic carbocycles. The van der Waals surface area contributed by atoms with Gasteiger partial charge in [-0.15, -0.1) is 0 Å². The Morgan fingerprint density at radius 3 is 2.62 bits per heavy atom. The van der Waals surface area contributed by atoms with E-state index < -0.39 is 12.7 Å². The fraction of sp³-hybridized carbons (Fsp3) is 0.750. The summed E-state index contributed by atoms with van der Waals surface area (Å²) in [4.78, 5) is 17.1. The Morgan fingerprint density at radius 2 is 1.96 bits per heavy atom. The van der Waals surface area contributed by atoms with Gasteiger partial charge in [0.2, 0.25) is 0 Å². The molecule has 0 bridgehead atoms. The number of halogens is 3. The quantitative estimate of drug-likeness (QED) is 0.828. The second-order valence-electron chi connectivity index (χ2n) is 6.97. The molecule has 1 saturated carbocycles. The van der Waals surface area contributed by atoms with Gasteiger partial charge in [-0.1, -0.05) is 19.3 Å². The minimum absolute atomic E-state index is 0.0295. The third-order valence-electron chi connectivity index (χ3n) is 5.14. The maximum absolute atomic E-state index is 13.0. The Bertz CT molecular complexity index is 592. The number of carbonyl (C=O) groups is 1. The van der Waals surface area contributed by atoms with Gasteiger partial charge in [0.25, 0.3) is 5.91 Å². The fourth-order valence-corrected chi connectivity index (χ4v) is 4.08. The minimum atomic E-state index is -4.40. The lowest BCUT2D eigenvalue weighted by Gasteiger charge is -2.52. The van der Waals surface area contributed by atoms with Crippen molar-refractivity contribution >= 4 is 5.91 Å². The first-order valence-electron chi connectivity index (χ1n) is 8.40. The summed E-state index contributed by atoms with van der Waals surface area (Å²) in [7, 11) is 2.03. The Labute approximate surface area is 139 Å². The van der Waals surface area contributed by atoms with Gasteiger partial charge in [-0.2, -0.15) is 18.3 Å². The molecule has 0 atom stereocenters. The van der Waals surface area contributed by atoms with E-state index in [9.17, 15) is 18.0 Å². The Morgan fingerprint density at radius 1 is 1.25 bits per heavy atom. The normalized spacial score (nSPS) is 22.1. The number of hydrogen-bond donors (Lipinski definition) is 0. The first-order chi connectivity index (χ1) is 11.3. The van der Waals surface area contributed by atoms with Crippen molar-refractivity contribution in [2.45, 2.75) is 50.4 Å². The van der Waals surface area contributed by atoms with Crippen LogP contribution in [0.3, 0.4) is 0 Å². The first kappa shape index (κ1) is 17.3. The molecule has 1 aromatic heterocycles. The van der Waals surface area contributed by atoms with E-state index in [1.807, 2.05) is 11.9 Å². The van der Waals surface area contributed by atoms with Gasteiger partial charge in [-0.05, 0) is 26.0 Å². The molecule has 1 amide bonds. The summed E-state index contributed by atoms with van der Waals surface area (Å²) in [5.74, 6) is -0.327. The highest BCUT2D eigenvalue weighted by molar-refractivity contribution is 5.93. The number of nitrogens with zero attached hydrogens (tertiary/aromatic N) is 4. The first-order valence-corrected chi connectivity index (χ1v) is 8.40. The SMILES string of the molecule is CN1CCN(C(=O)c2ccnn2CC(F)(F)F)C2(CCCCC2)C1. The molecule has 3 rings (SSSR count). The molecule has 0 radical (unpaired) electrons. The summed E-state index contributed by atoms with van der Waals surface area (Å²) < 4.78 is 38.9. The smallest absolute Gasteiger partial charge is 0.329 e. The molecule has 2 aliphatic rings. The van der Waals surface area contributed by atoms with Crippen molar-refractivity contribution in [3.8, 4) is 0 Å². The summed E-state index contributed by atoms with van der Waals surface area (Å²) in [6.07, 6.45) is 1.96. The van der Waals surface area contributed by atoms with Crippen LogP contribution < -0.4 is 0 Å². The van der Waals surface area contributed by atoms with Gasteiger partial charge in [-0.25, -0.2) is 0 Å². The fourth-order valence-electron chi connectivity index (χ4n) is 4.08. The van der Waals surface area contributed by atoms with E-state index in [4.69, 9.17) is 0 Å². The highest BCUT2D eigenvalue weighted by Gasteiger charge is 2.45. The van der Waals surface area contributed by atoms with Gasteiger partial charge in [0.05, 0.1) is 5.54 Å². The number of rotatable bonds is 2. The zero-order valence-electron chi connectivity index (χ0n) is 13.8. The zero-order chi connectivity index (χ0) is 17.4. The highest BCUT2D eigenvalue weighted by Crippen LogP contribution is 2.37. The predicted octanol–water partition coefficient (Wildman–Crippen LogP) is 2.54. The number of alkyl halides is 3. The highest BCUT2D eigenvalue weighted by atomic mass is 19.4. The van der Waals surface area contributed by atoms with Crippen LogP contribution >= 0.6 is 0 Å². The van der Waals surface area contributed by atoms with Gasteiger partial charge in [0, 0.05) is 25.8 Å². The predicted molar refractivity (Wildman–Crippen MR) is 82.6 cm³/mol. The third kappa shape index (κ3) is 3.43. The van der Waals surface area contributed by atoms with Crippen molar-refractivity contribution in [1.82, 2.24) is 19.6 Å². The molecule has 1 aromatic rings. The average Bonchev–Trinajstić information content (AvgIpc) is 2.93. The van der Waals surface area contributed by atoms with E-state index >= 15 is 0 Å². The van der Waals surface area contributed by atoms with Gasteiger partial charge in [0.1, 0.15) is 12.2 Å². The van der Waals surface area contributed by atoms with Crippen molar-refractivity contribution in [2.75, 3.05) is 26.7 Å². The monoisotopic (exact) mass is 344 g/mol. The number of hydrogen-bond acceptors (Lipinski definition) is 3. The minimum Gasteiger partial charge on any atom is -0.329 e. The second-order valence-corrected chi connectivity index (χ2v) is 6.97. The summed E-state index contributed by atoms with van der Waals surface area (Å²) in [5, 5.41) is 3.70. The van der Waals surface area contributed by atoms with E-state index in [-0.39, 0.29) is 17.1 Å². The lowest BCUT2D eigenvalue weighted by Crippen LogP contribution is -2.64. The molecule has 8 heteroatoms. The lowest BCUT2D eigenvalue weighted by atomic mass is 9.78. The molecule has 134 valence electrons. The third-order valence-corrected chi connectivity index (χ3v) is 5.14. The van der Waals surface area contributed by atoms with Crippen LogP contribution in [0, 0.1) is 0 Å². The molecule has 2 heterocycles. The van der Waals surface area contributed by atoms with E-state index in [1.54, 1.807) is 0 Å². The number of likely N-dealkylation sites (N-methyl/N-ethyl adjacent to an activating group) is 1. The Kier molecular flexibility index (Phi) is 4.59. The van der Waals surface area contributed by atoms with Crippen LogP contribution in [-0.2, 0) is 6.54 Å². The number of amides is 1. The summed E-state index contributed by atoms with van der Waals surface area (Å²) in [6, 6.07) is 1.39. The Hall–Kier alpha value is -1.57. The summed E-state index contributed by atoms with van der Waals surface area (Å²) >= 11 is 0. The van der Waals surface area contributed by atoms with Crippen molar-refractivity contribution < 1.29 is 18.0 Å². The number of piperazine rings is 1. The number of carbonyl (C=O) groups excluding carboxylic acids is 1. The van der Waals surface area contributed by atoms with Crippen molar-refractivity contribution in [2.24, 2.45) is 0 Å². The second kappa shape index (κ2) is 6.38. The van der Waals surface area contributed by atoms with Crippen LogP contribution in [0.15, 0.2) is 12.3 Å². The largest absolute Gasteiger partial charge is 0.408 e. The molecule has 1 saturated heterocycles. The van der Waals surface area contributed by atoms with Gasteiger partial charge in [0.15, 0.2) is 0 Å². The van der Waals surface area contributed by atoms with Crippen LogP contribution in [-0.4, -0.2) is 63.9 Å². The molecule has 24 heavy (non-hydrogen) atoms. The van der Waals surface area contributed by atoms with Crippen LogP contribution in [0.2, 0.25) is 0 Å². The standard InChI is InChI=1S/C16H23F3N4O/c1-21-9-10-22(15(11-21)6-3-2-4-7-15)14(24)13-5-8-20-23(13)12-16(17,18)19/h5,8H,2-4,6-7,9-12H2,1H3. The lowest BCUT2D eigenvalue weighted by molar-refractivity contribution is -0.142. The Balaban J connectivity index is 1.87. The molecule has 1 spiro atoms. The van der Waals surface area contributed by atoms with Crippen molar-refractivity contribution in [3.05, 3.63) is 18.0 Å². The molecule has 1 aliphatic heterocycles. The van der Waals surface area contributed by atoms with E-state index in [1.165, 1.54) is 12.3 Å². The molecule has 5 nitrogen and oxygen atoms in total. The van der Waals surface area contributed by atoms with Crippen LogP contribution in [0.25, 0.3) is 0 Å². The molecular weight excluding hydrogens is 321 g/mol. The van der Waals surface area contributed by atoms with Crippen LogP contribution in [0.4, 0.5) is 13.2 Å². The van der Waals surface area contributed by atoms with Gasteiger partial charge < -0.3 is 9.80 Å². The molecule has 0 N–H and O–H groups in total. The maximum atomic E-state index is 13.0. The topological polar surface area (TPSA) is 41.4 Å². The zero-order valence-corrected chi connectivity index (χ0v) is 13.8. The molecular formula is C16H23F3N4O. The number of aromatic nitrogens is 2. The molecule has 2 fully saturated rings. The van der Waals surface area contributed by atoms with Crippen LogP contribution in [0.1, 0.15) is 42.6 Å². The summed E-state index contributed by atoms with van der Waals surface area (Å²) in [6.45, 7) is 0.835. The van der Waals surface area contributed by atoms with E-state index in [0.29, 0.717) is 6.54 Å². The van der Waals surface area contributed by atoms with Gasteiger partial charge in [-0.3, -0.25) is 9.48 Å². The van der Waals surface area contributed by atoms with E-state index in [2.05, 4.69) is 10.00 Å². The molecule has 1 aliphatic carbocycles. The van der Waals surface area contributed by atoms with E-state index in [0.717, 1.165) is 49.9 Å². The average molecular weight is 344 g/mol. The van der Waals surface area contributed by atoms with Crippen molar-refractivity contribution in [3.63, 3.8) is 0 Å². The maximum Gasteiger partial charge on any atom is 0.408 e. The summed E-state index contributed by atoms with van der Waals surface area (Å²) in [5.41, 5.74) is -0.225. The van der Waals surface area contributed by atoms with Crippen LogP contribution in [0.5, 0.6) is 0 Å². The van der Waals surface area contributed by atoms with Crippen molar-refractivity contribution in [1.29, 1.82) is 0 Å². The van der Waals surface area contributed by atoms with Gasteiger partial charge >= 0.3 is 6.18 Å². The molecule has 0 unspecified atom stereocenters.